The van der Waals surface area contributed by atoms with E-state index in [1.807, 2.05) is 0 Å². The van der Waals surface area contributed by atoms with Crippen molar-refractivity contribution in [2.75, 3.05) is 26.4 Å². The molecule has 0 amide bonds. The van der Waals surface area contributed by atoms with Gasteiger partial charge in [-0.1, -0.05) is 11.6 Å². The van der Waals surface area contributed by atoms with Crippen LogP contribution in [0.15, 0.2) is 52.2 Å². The first-order valence-electron chi connectivity index (χ1n) is 10.7. The maximum atomic E-state index is 13.5. The fraction of sp³-hybridized carbons (Fsp3) is 0.348. The SMILES string of the molecule is O=c1[nH]c2cc3c(cc2cc1CN(C[C@@H]1CCCO1)S(=O)(=O)c1ccc(Cl)cc1)OCCO3. The topological polar surface area (TPSA) is 97.9 Å². The first kappa shape index (κ1) is 22.2. The van der Waals surface area contributed by atoms with Crippen LogP contribution in [0.5, 0.6) is 11.5 Å². The van der Waals surface area contributed by atoms with Gasteiger partial charge in [0, 0.05) is 41.7 Å². The lowest BCUT2D eigenvalue weighted by molar-refractivity contribution is 0.0925. The Morgan fingerprint density at radius 1 is 1.03 bits per heavy atom. The zero-order valence-electron chi connectivity index (χ0n) is 17.8. The Hall–Kier alpha value is -2.59. The van der Waals surface area contributed by atoms with Gasteiger partial charge in [0.15, 0.2) is 11.5 Å². The van der Waals surface area contributed by atoms with Crippen LogP contribution in [0.25, 0.3) is 10.9 Å². The van der Waals surface area contributed by atoms with E-state index in [2.05, 4.69) is 4.98 Å². The van der Waals surface area contributed by atoms with E-state index >= 15 is 0 Å². The molecule has 1 fully saturated rings. The van der Waals surface area contributed by atoms with Crippen molar-refractivity contribution in [2.45, 2.75) is 30.4 Å². The first-order chi connectivity index (χ1) is 15.9. The number of rotatable bonds is 6. The second-order valence-corrected chi connectivity index (χ2v) is 10.5. The lowest BCUT2D eigenvalue weighted by Crippen LogP contribution is -2.38. The highest BCUT2D eigenvalue weighted by molar-refractivity contribution is 7.89. The predicted molar refractivity (Wildman–Crippen MR) is 124 cm³/mol. The molecule has 5 rings (SSSR count). The van der Waals surface area contributed by atoms with E-state index in [-0.39, 0.29) is 29.6 Å². The van der Waals surface area contributed by atoms with Crippen LogP contribution in [0.4, 0.5) is 0 Å². The molecular formula is C23H23ClN2O6S. The lowest BCUT2D eigenvalue weighted by atomic mass is 10.1. The molecular weight excluding hydrogens is 468 g/mol. The van der Waals surface area contributed by atoms with Gasteiger partial charge in [-0.3, -0.25) is 4.79 Å². The quantitative estimate of drug-likeness (QED) is 0.569. The number of fused-ring (bicyclic) bond motifs is 2. The molecule has 0 bridgehead atoms. The number of sulfonamides is 1. The predicted octanol–water partition coefficient (Wildman–Crippen LogP) is 3.32. The van der Waals surface area contributed by atoms with Crippen LogP contribution in [-0.4, -0.2) is 50.2 Å². The second-order valence-electron chi connectivity index (χ2n) is 8.09. The van der Waals surface area contributed by atoms with E-state index in [0.717, 1.165) is 18.2 Å². The van der Waals surface area contributed by atoms with Crippen molar-refractivity contribution in [3.63, 3.8) is 0 Å². The third-order valence-electron chi connectivity index (χ3n) is 5.81. The number of benzene rings is 2. The molecule has 0 aliphatic carbocycles. The Morgan fingerprint density at radius 2 is 1.76 bits per heavy atom. The monoisotopic (exact) mass is 490 g/mol. The Morgan fingerprint density at radius 3 is 2.45 bits per heavy atom. The van der Waals surface area contributed by atoms with Crippen molar-refractivity contribution in [1.82, 2.24) is 9.29 Å². The summed E-state index contributed by atoms with van der Waals surface area (Å²) in [4.78, 5) is 15.8. The van der Waals surface area contributed by atoms with Crippen LogP contribution in [0, 0.1) is 0 Å². The zero-order chi connectivity index (χ0) is 23.0. The Labute approximate surface area is 196 Å². The van der Waals surface area contributed by atoms with Crippen LogP contribution in [-0.2, 0) is 21.3 Å². The lowest BCUT2D eigenvalue weighted by Gasteiger charge is -2.25. The summed E-state index contributed by atoms with van der Waals surface area (Å²) >= 11 is 5.94. The van der Waals surface area contributed by atoms with Crippen molar-refractivity contribution in [1.29, 1.82) is 0 Å². The van der Waals surface area contributed by atoms with Gasteiger partial charge < -0.3 is 19.2 Å². The van der Waals surface area contributed by atoms with E-state index in [9.17, 15) is 13.2 Å². The van der Waals surface area contributed by atoms with Crippen LogP contribution in [0.1, 0.15) is 18.4 Å². The van der Waals surface area contributed by atoms with Gasteiger partial charge in [0.05, 0.1) is 16.5 Å². The number of halogens is 1. The molecule has 10 heteroatoms. The van der Waals surface area contributed by atoms with Crippen LogP contribution in [0.2, 0.25) is 5.02 Å². The van der Waals surface area contributed by atoms with Gasteiger partial charge in [-0.05, 0) is 49.2 Å². The minimum atomic E-state index is -3.89. The molecule has 2 aliphatic rings. The van der Waals surface area contributed by atoms with Crippen molar-refractivity contribution in [2.24, 2.45) is 0 Å². The van der Waals surface area contributed by atoms with Crippen molar-refractivity contribution < 1.29 is 22.6 Å². The molecule has 174 valence electrons. The number of H-pyrrole nitrogens is 1. The highest BCUT2D eigenvalue weighted by Crippen LogP contribution is 2.34. The first-order valence-corrected chi connectivity index (χ1v) is 12.5. The standard InChI is InChI=1S/C23H23ClN2O6S/c24-17-3-5-19(6-4-17)33(28,29)26(14-18-2-1-7-30-18)13-16-10-15-11-21-22(32-9-8-31-21)12-20(15)25-23(16)27/h3-6,10-12,18H,1-2,7-9,13-14H2,(H,25,27)/t18-/m0/s1. The third-order valence-corrected chi connectivity index (χ3v) is 7.89. The number of pyridine rings is 1. The van der Waals surface area contributed by atoms with Crippen molar-refractivity contribution in [3.05, 3.63) is 63.4 Å². The van der Waals surface area contributed by atoms with E-state index in [4.69, 9.17) is 25.8 Å². The van der Waals surface area contributed by atoms with Crippen molar-refractivity contribution >= 4 is 32.5 Å². The number of nitrogens with one attached hydrogen (secondary N) is 1. The van der Waals surface area contributed by atoms with Crippen LogP contribution < -0.4 is 15.0 Å². The van der Waals surface area contributed by atoms with Gasteiger partial charge in [-0.25, -0.2) is 8.42 Å². The second kappa shape index (κ2) is 8.98. The van der Waals surface area contributed by atoms with Gasteiger partial charge in [-0.2, -0.15) is 4.31 Å². The van der Waals surface area contributed by atoms with Gasteiger partial charge >= 0.3 is 0 Å². The molecule has 0 spiro atoms. The van der Waals surface area contributed by atoms with E-state index in [0.29, 0.717) is 47.4 Å². The average molecular weight is 491 g/mol. The summed E-state index contributed by atoms with van der Waals surface area (Å²) in [6, 6.07) is 11.2. The molecule has 1 atom stereocenters. The van der Waals surface area contributed by atoms with Gasteiger partial charge in [-0.15, -0.1) is 0 Å². The number of aromatic amines is 1. The maximum Gasteiger partial charge on any atom is 0.252 e. The fourth-order valence-electron chi connectivity index (χ4n) is 4.11. The molecule has 1 aromatic heterocycles. The smallest absolute Gasteiger partial charge is 0.252 e. The van der Waals surface area contributed by atoms with Crippen LogP contribution >= 0.6 is 11.6 Å². The number of aromatic nitrogens is 1. The van der Waals surface area contributed by atoms with Gasteiger partial charge in [0.25, 0.3) is 5.56 Å². The molecule has 33 heavy (non-hydrogen) atoms. The summed E-state index contributed by atoms with van der Waals surface area (Å²) in [6.45, 7) is 1.56. The Kier molecular flexibility index (Phi) is 6.05. The highest BCUT2D eigenvalue weighted by Gasteiger charge is 2.30. The summed E-state index contributed by atoms with van der Waals surface area (Å²) in [5.41, 5.74) is 0.566. The Balaban J connectivity index is 1.52. The zero-order valence-corrected chi connectivity index (χ0v) is 19.3. The molecule has 3 aromatic rings. The summed E-state index contributed by atoms with van der Waals surface area (Å²) in [5.74, 6) is 1.17. The summed E-state index contributed by atoms with van der Waals surface area (Å²) < 4.78 is 45.2. The van der Waals surface area contributed by atoms with Crippen LogP contribution in [0.3, 0.4) is 0 Å². The normalized spacial score (nSPS) is 18.2. The molecule has 0 radical (unpaired) electrons. The fourth-order valence-corrected chi connectivity index (χ4v) is 5.69. The number of nitrogens with zero attached hydrogens (tertiary/aromatic N) is 1. The van der Waals surface area contributed by atoms with E-state index in [1.165, 1.54) is 28.6 Å². The third kappa shape index (κ3) is 4.59. The average Bonchev–Trinajstić information content (AvgIpc) is 3.31. The molecule has 3 heterocycles. The molecule has 0 unspecified atom stereocenters. The molecule has 2 aliphatic heterocycles. The number of hydrogen-bond donors (Lipinski definition) is 1. The highest BCUT2D eigenvalue weighted by atomic mass is 35.5. The molecule has 2 aromatic carbocycles. The minimum Gasteiger partial charge on any atom is -0.486 e. The summed E-state index contributed by atoms with van der Waals surface area (Å²) in [7, 11) is -3.89. The maximum absolute atomic E-state index is 13.5. The Bertz CT molecular complexity index is 1330. The summed E-state index contributed by atoms with van der Waals surface area (Å²) in [5, 5.41) is 1.18. The summed E-state index contributed by atoms with van der Waals surface area (Å²) in [6.07, 6.45) is 1.43. The van der Waals surface area contributed by atoms with Crippen molar-refractivity contribution in [3.8, 4) is 11.5 Å². The largest absolute Gasteiger partial charge is 0.486 e. The molecule has 1 N–H and O–H groups in total. The van der Waals surface area contributed by atoms with Gasteiger partial charge in [0.2, 0.25) is 10.0 Å². The number of ether oxygens (including phenoxy) is 3. The molecule has 0 saturated carbocycles. The molecule has 8 nitrogen and oxygen atoms in total. The number of hydrogen-bond acceptors (Lipinski definition) is 6. The van der Waals surface area contributed by atoms with E-state index < -0.39 is 10.0 Å². The molecule has 1 saturated heterocycles. The minimum absolute atomic E-state index is 0.0927. The van der Waals surface area contributed by atoms with Gasteiger partial charge in [0.1, 0.15) is 13.2 Å². The van der Waals surface area contributed by atoms with E-state index in [1.54, 1.807) is 18.2 Å².